The fourth-order valence-electron chi connectivity index (χ4n) is 2.51. The van der Waals surface area contributed by atoms with Gasteiger partial charge in [-0.2, -0.15) is 0 Å². The highest BCUT2D eigenvalue weighted by molar-refractivity contribution is 6.30. The van der Waals surface area contributed by atoms with Gasteiger partial charge in [0.1, 0.15) is 6.54 Å². The molecule has 1 aromatic rings. The van der Waals surface area contributed by atoms with Gasteiger partial charge in [-0.3, -0.25) is 14.4 Å². The molecule has 1 aliphatic heterocycles. The maximum atomic E-state index is 12.2. The van der Waals surface area contributed by atoms with E-state index in [4.69, 9.17) is 16.3 Å². The number of carbonyl (C=O) groups is 3. The van der Waals surface area contributed by atoms with E-state index in [1.807, 2.05) is 0 Å². The fraction of sp³-hybridized carbons (Fsp3) is 0.312. The van der Waals surface area contributed by atoms with Crippen LogP contribution in [0.5, 0.6) is 0 Å². The van der Waals surface area contributed by atoms with Crippen LogP contribution in [0.3, 0.4) is 0 Å². The van der Waals surface area contributed by atoms with Crippen molar-refractivity contribution >= 4 is 29.3 Å². The van der Waals surface area contributed by atoms with Crippen molar-refractivity contribution in [3.8, 4) is 0 Å². The van der Waals surface area contributed by atoms with Crippen molar-refractivity contribution in [2.75, 3.05) is 13.2 Å². The second-order valence-corrected chi connectivity index (χ2v) is 5.45. The number of benzene rings is 1. The highest BCUT2D eigenvalue weighted by Crippen LogP contribution is 2.37. The average Bonchev–Trinajstić information content (AvgIpc) is 2.73. The van der Waals surface area contributed by atoms with Gasteiger partial charge >= 0.3 is 5.97 Å². The first-order valence-electron chi connectivity index (χ1n) is 7.03. The number of aliphatic hydroxyl groups excluding tert-OH is 1. The number of Topliss-reactive ketones (excluding diaryl/α,β-unsaturated/α-hetero) is 1. The van der Waals surface area contributed by atoms with Crippen LogP contribution in [0.2, 0.25) is 5.02 Å². The van der Waals surface area contributed by atoms with E-state index in [0.29, 0.717) is 10.6 Å². The number of hydrogen-bond acceptors (Lipinski definition) is 5. The third-order valence-electron chi connectivity index (χ3n) is 3.47. The number of rotatable bonds is 5. The lowest BCUT2D eigenvalue weighted by molar-refractivity contribution is -0.148. The monoisotopic (exact) mass is 337 g/mol. The molecule has 2 rings (SSSR count). The Hall–Kier alpha value is -2.34. The van der Waals surface area contributed by atoms with Crippen molar-refractivity contribution < 1.29 is 24.2 Å². The maximum absolute atomic E-state index is 12.2. The number of nitrogens with zero attached hydrogens (tertiary/aromatic N) is 1. The number of hydrogen-bond donors (Lipinski definition) is 1. The topological polar surface area (TPSA) is 83.9 Å². The maximum Gasteiger partial charge on any atom is 0.325 e. The molecular weight excluding hydrogens is 322 g/mol. The summed E-state index contributed by atoms with van der Waals surface area (Å²) in [5, 5.41) is 10.5. The zero-order valence-electron chi connectivity index (χ0n) is 12.7. The third-order valence-corrected chi connectivity index (χ3v) is 3.73. The number of ether oxygens (including phenoxy) is 1. The van der Waals surface area contributed by atoms with Crippen LogP contribution in [0, 0.1) is 0 Å². The van der Waals surface area contributed by atoms with Crippen LogP contribution in [0.1, 0.15) is 25.5 Å². The Morgan fingerprint density at radius 2 is 1.91 bits per heavy atom. The first kappa shape index (κ1) is 17.0. The molecule has 0 radical (unpaired) electrons. The van der Waals surface area contributed by atoms with Crippen LogP contribution >= 0.6 is 11.6 Å². The molecule has 1 aliphatic rings. The standard InChI is InChI=1S/C16H16ClNO5/c1-3-23-12(20)8-18-14(10-4-6-11(17)7-5-10)13(9(2)19)15(21)16(18)22/h4-7,14,21H,3,8H2,1-2H3/t14-/m1/s1. The molecule has 0 unspecified atom stereocenters. The minimum absolute atomic E-state index is 0.0402. The summed E-state index contributed by atoms with van der Waals surface area (Å²) in [5.41, 5.74) is 0.530. The molecule has 0 fully saturated rings. The van der Waals surface area contributed by atoms with Gasteiger partial charge in [-0.05, 0) is 31.5 Å². The van der Waals surface area contributed by atoms with Gasteiger partial charge < -0.3 is 14.7 Å². The van der Waals surface area contributed by atoms with E-state index in [0.717, 1.165) is 4.90 Å². The Labute approximate surface area is 138 Å². The molecule has 0 saturated carbocycles. The average molecular weight is 338 g/mol. The number of esters is 1. The van der Waals surface area contributed by atoms with E-state index < -0.39 is 29.5 Å². The van der Waals surface area contributed by atoms with E-state index in [1.165, 1.54) is 6.92 Å². The lowest BCUT2D eigenvalue weighted by Crippen LogP contribution is -2.36. The molecule has 7 heteroatoms. The van der Waals surface area contributed by atoms with Crippen LogP contribution in [-0.2, 0) is 19.1 Å². The van der Waals surface area contributed by atoms with Crippen molar-refractivity contribution in [3.63, 3.8) is 0 Å². The highest BCUT2D eigenvalue weighted by atomic mass is 35.5. The van der Waals surface area contributed by atoms with E-state index in [9.17, 15) is 19.5 Å². The lowest BCUT2D eigenvalue weighted by Gasteiger charge is -2.25. The Morgan fingerprint density at radius 1 is 1.30 bits per heavy atom. The molecule has 1 N–H and O–H groups in total. The molecule has 0 spiro atoms. The molecular formula is C16H16ClNO5. The molecule has 6 nitrogen and oxygen atoms in total. The Kier molecular flexibility index (Phi) is 5.05. The summed E-state index contributed by atoms with van der Waals surface area (Å²) in [5.74, 6) is -2.47. The van der Waals surface area contributed by atoms with Crippen molar-refractivity contribution in [2.45, 2.75) is 19.9 Å². The summed E-state index contributed by atoms with van der Waals surface area (Å²) in [6.45, 7) is 2.72. The molecule has 1 heterocycles. The fourth-order valence-corrected chi connectivity index (χ4v) is 2.64. The van der Waals surface area contributed by atoms with Crippen LogP contribution in [0.4, 0.5) is 0 Å². The number of ketones is 1. The quantitative estimate of drug-likeness (QED) is 0.833. The first-order chi connectivity index (χ1) is 10.9. The third kappa shape index (κ3) is 3.37. The van der Waals surface area contributed by atoms with Gasteiger partial charge in [0, 0.05) is 5.02 Å². The predicted molar refractivity (Wildman–Crippen MR) is 82.9 cm³/mol. The van der Waals surface area contributed by atoms with E-state index in [-0.39, 0.29) is 18.7 Å². The molecule has 1 aromatic carbocycles. The summed E-state index contributed by atoms with van der Waals surface area (Å²) in [6.07, 6.45) is 0. The van der Waals surface area contributed by atoms with Crippen LogP contribution in [0.15, 0.2) is 35.6 Å². The predicted octanol–water partition coefficient (Wildman–Crippen LogP) is 2.19. The number of halogens is 1. The molecule has 0 saturated heterocycles. The Morgan fingerprint density at radius 3 is 2.43 bits per heavy atom. The Balaban J connectivity index is 2.44. The summed E-state index contributed by atoms with van der Waals surface area (Å²) in [4.78, 5) is 37.0. The Bertz CT molecular complexity index is 680. The van der Waals surface area contributed by atoms with Gasteiger partial charge in [-0.15, -0.1) is 0 Å². The van der Waals surface area contributed by atoms with Crippen LogP contribution in [-0.4, -0.2) is 40.8 Å². The summed E-state index contributed by atoms with van der Waals surface area (Å²) in [6, 6.07) is 5.65. The zero-order valence-corrected chi connectivity index (χ0v) is 13.5. The van der Waals surface area contributed by atoms with Gasteiger partial charge in [0.05, 0.1) is 18.2 Å². The van der Waals surface area contributed by atoms with Gasteiger partial charge in [-0.1, -0.05) is 23.7 Å². The minimum atomic E-state index is -0.846. The largest absolute Gasteiger partial charge is 0.503 e. The van der Waals surface area contributed by atoms with Gasteiger partial charge in [-0.25, -0.2) is 0 Å². The molecule has 1 atom stereocenters. The smallest absolute Gasteiger partial charge is 0.325 e. The van der Waals surface area contributed by atoms with Crippen LogP contribution < -0.4 is 0 Å². The molecule has 1 amide bonds. The molecule has 0 aromatic heterocycles. The second kappa shape index (κ2) is 6.83. The van der Waals surface area contributed by atoms with Gasteiger partial charge in [0.15, 0.2) is 11.5 Å². The van der Waals surface area contributed by atoms with Crippen molar-refractivity contribution in [1.29, 1.82) is 0 Å². The van der Waals surface area contributed by atoms with Crippen molar-refractivity contribution in [1.82, 2.24) is 4.90 Å². The normalized spacial score (nSPS) is 17.6. The van der Waals surface area contributed by atoms with Gasteiger partial charge in [0.25, 0.3) is 5.91 Å². The highest BCUT2D eigenvalue weighted by Gasteiger charge is 2.43. The molecule has 0 bridgehead atoms. The van der Waals surface area contributed by atoms with Crippen molar-refractivity contribution in [2.24, 2.45) is 0 Å². The zero-order chi connectivity index (χ0) is 17.1. The van der Waals surface area contributed by atoms with Crippen LogP contribution in [0.25, 0.3) is 0 Å². The first-order valence-corrected chi connectivity index (χ1v) is 7.40. The lowest BCUT2D eigenvalue weighted by atomic mass is 9.97. The summed E-state index contributed by atoms with van der Waals surface area (Å²) >= 11 is 5.85. The van der Waals surface area contributed by atoms with E-state index >= 15 is 0 Å². The van der Waals surface area contributed by atoms with E-state index in [1.54, 1.807) is 31.2 Å². The number of amides is 1. The molecule has 122 valence electrons. The summed E-state index contributed by atoms with van der Waals surface area (Å²) < 4.78 is 4.85. The number of aliphatic hydroxyl groups is 1. The van der Waals surface area contributed by atoms with Crippen molar-refractivity contribution in [3.05, 3.63) is 46.2 Å². The van der Waals surface area contributed by atoms with Gasteiger partial charge in [0.2, 0.25) is 0 Å². The van der Waals surface area contributed by atoms with E-state index in [2.05, 4.69) is 0 Å². The summed E-state index contributed by atoms with van der Waals surface area (Å²) in [7, 11) is 0. The molecule has 0 aliphatic carbocycles. The number of carbonyl (C=O) groups excluding carboxylic acids is 3. The SMILES string of the molecule is CCOC(=O)CN1C(=O)C(O)=C(C(C)=O)[C@H]1c1ccc(Cl)cc1. The second-order valence-electron chi connectivity index (χ2n) is 5.01. The molecule has 23 heavy (non-hydrogen) atoms. The minimum Gasteiger partial charge on any atom is -0.503 e.